The van der Waals surface area contributed by atoms with E-state index in [1.54, 1.807) is 12.7 Å². The van der Waals surface area contributed by atoms with Crippen LogP contribution in [-0.2, 0) is 36.2 Å². The molecule has 0 fully saturated rings. The second-order valence-electron chi connectivity index (χ2n) is 4.98. The van der Waals surface area contributed by atoms with Crippen molar-refractivity contribution in [3.05, 3.63) is 25.3 Å². The van der Waals surface area contributed by atoms with Crippen molar-refractivity contribution in [2.75, 3.05) is 11.5 Å². The van der Waals surface area contributed by atoms with Crippen molar-refractivity contribution in [3.8, 4) is 0 Å². The van der Waals surface area contributed by atoms with Crippen LogP contribution in [0.25, 0.3) is 22.3 Å². The second-order valence-corrected chi connectivity index (χ2v) is 4.98. The SMILES string of the molecule is Nc1nc[nH+]c2nc[nH]c12.Nc1nc[nH+]c2nc[nH]c12.O.O=C([O-])C(=O)[O-].O=C([O-])C(=O)[O-].[Cu+2]. The molecule has 20 heteroatoms. The average molecular weight is 530 g/mol. The molecule has 4 aromatic rings. The molecule has 185 valence electrons. The quantitative estimate of drug-likeness (QED) is 0.121. The van der Waals surface area contributed by atoms with Crippen LogP contribution in [0.4, 0.5) is 11.6 Å². The van der Waals surface area contributed by atoms with E-state index in [0.29, 0.717) is 11.6 Å². The maximum absolute atomic E-state index is 8.93. The predicted molar refractivity (Wildman–Crippen MR) is 93.4 cm³/mol. The number of nitrogen functional groups attached to an aromatic ring is 2. The molecule has 4 heterocycles. The van der Waals surface area contributed by atoms with Crippen molar-refractivity contribution >= 4 is 57.8 Å². The number of nitrogens with two attached hydrogens (primary N) is 2. The molecule has 0 saturated carbocycles. The molecule has 1 radical (unpaired) electrons. The third-order valence-corrected chi connectivity index (χ3v) is 2.93. The Balaban J connectivity index is 0. The van der Waals surface area contributed by atoms with E-state index in [1.165, 1.54) is 12.7 Å². The van der Waals surface area contributed by atoms with Crippen LogP contribution in [0.2, 0.25) is 0 Å². The topological polar surface area (TPSA) is 355 Å². The van der Waals surface area contributed by atoms with E-state index in [4.69, 9.17) is 51.1 Å². The first-order valence-corrected chi connectivity index (χ1v) is 7.79. The van der Waals surface area contributed by atoms with Crippen LogP contribution in [-0.4, -0.2) is 59.3 Å². The van der Waals surface area contributed by atoms with Gasteiger partial charge in [-0.2, -0.15) is 0 Å². The van der Waals surface area contributed by atoms with E-state index in [-0.39, 0.29) is 22.5 Å². The monoisotopic (exact) mass is 529 g/mol. The number of imidazole rings is 2. The summed E-state index contributed by atoms with van der Waals surface area (Å²) in [5.74, 6) is -7.81. The van der Waals surface area contributed by atoms with Gasteiger partial charge in [0, 0.05) is 0 Å². The van der Waals surface area contributed by atoms with E-state index in [0.717, 1.165) is 22.3 Å². The number of carbonyl (C=O) groups excluding carboxylic acids is 4. The zero-order valence-electron chi connectivity index (χ0n) is 16.3. The number of aromatic nitrogens is 8. The van der Waals surface area contributed by atoms with Crippen LogP contribution < -0.4 is 41.9 Å². The smallest absolute Gasteiger partial charge is 0.543 e. The molecule has 34 heavy (non-hydrogen) atoms. The molecular weight excluding hydrogens is 516 g/mol. The summed E-state index contributed by atoms with van der Waals surface area (Å²) in [5, 5.41) is 35.7. The Hall–Kier alpha value is -4.94. The normalized spacial score (nSPS) is 8.71. The Kier molecular flexibility index (Phi) is 13.7. The van der Waals surface area contributed by atoms with Gasteiger partial charge in [-0.3, -0.25) is 0 Å². The van der Waals surface area contributed by atoms with Crippen molar-refractivity contribution in [2.45, 2.75) is 0 Å². The number of H-pyrrole nitrogens is 4. The molecule has 0 saturated heterocycles. The first-order valence-electron chi connectivity index (χ1n) is 7.79. The fourth-order valence-electron chi connectivity index (χ4n) is 1.65. The summed E-state index contributed by atoms with van der Waals surface area (Å²) in [6, 6.07) is 0. The molecule has 0 spiro atoms. The maximum atomic E-state index is 8.93. The Morgan fingerprint density at radius 2 is 0.971 bits per heavy atom. The summed E-state index contributed by atoms with van der Waals surface area (Å²) in [4.78, 5) is 62.7. The van der Waals surface area contributed by atoms with E-state index in [1.807, 2.05) is 0 Å². The molecule has 0 aliphatic rings. The Morgan fingerprint density at radius 1 is 0.676 bits per heavy atom. The zero-order chi connectivity index (χ0) is 24.3. The van der Waals surface area contributed by atoms with Crippen LogP contribution in [0, 0.1) is 0 Å². The van der Waals surface area contributed by atoms with Gasteiger partial charge < -0.3 is 66.5 Å². The van der Waals surface area contributed by atoms with Gasteiger partial charge in [-0.25, -0.2) is 9.97 Å². The first kappa shape index (κ1) is 31.2. The third kappa shape index (κ3) is 9.91. The van der Waals surface area contributed by atoms with Gasteiger partial charge in [0.2, 0.25) is 24.3 Å². The maximum Gasteiger partial charge on any atom is 2.00 e. The van der Waals surface area contributed by atoms with Gasteiger partial charge >= 0.3 is 17.1 Å². The molecule has 10 N–H and O–H groups in total. The Labute approximate surface area is 197 Å². The van der Waals surface area contributed by atoms with E-state index in [2.05, 4.69) is 39.9 Å². The minimum atomic E-state index is -2.19. The number of nitrogens with zero attached hydrogens (tertiary/aromatic N) is 4. The van der Waals surface area contributed by atoms with E-state index < -0.39 is 23.9 Å². The number of rotatable bonds is 0. The number of carbonyl (C=O) groups is 4. The molecule has 0 atom stereocenters. The Morgan fingerprint density at radius 3 is 1.21 bits per heavy atom. The van der Waals surface area contributed by atoms with E-state index >= 15 is 0 Å². The van der Waals surface area contributed by atoms with Crippen molar-refractivity contribution in [2.24, 2.45) is 0 Å². The molecule has 4 rings (SSSR count). The van der Waals surface area contributed by atoms with Crippen LogP contribution in [0.15, 0.2) is 25.3 Å². The number of hydrogen-bond acceptors (Lipinski definition) is 14. The minimum Gasteiger partial charge on any atom is -0.543 e. The minimum absolute atomic E-state index is 0. The van der Waals surface area contributed by atoms with Gasteiger partial charge in [0.05, 0.1) is 23.9 Å². The fraction of sp³-hybridized carbons (Fsp3) is 0. The predicted octanol–water partition coefficient (Wildman–Crippen LogP) is -9.15. The van der Waals surface area contributed by atoms with Crippen LogP contribution in [0.5, 0.6) is 0 Å². The number of hydrogen-bond donors (Lipinski definition) is 4. The summed E-state index contributed by atoms with van der Waals surface area (Å²) in [6.07, 6.45) is 6.16. The van der Waals surface area contributed by atoms with Gasteiger partial charge in [-0.15, -0.1) is 0 Å². The summed E-state index contributed by atoms with van der Waals surface area (Å²) in [6.45, 7) is 0. The Bertz CT molecular complexity index is 1120. The molecular formula is C14H14CuN10O9. The average Bonchev–Trinajstić information content (AvgIpc) is 3.40. The number of carboxylic acids is 4. The molecule has 0 bridgehead atoms. The van der Waals surface area contributed by atoms with Crippen molar-refractivity contribution in [1.82, 2.24) is 29.9 Å². The number of carboxylic acid groups (broad SMARTS) is 4. The van der Waals surface area contributed by atoms with Gasteiger partial charge in [0.15, 0.2) is 23.7 Å². The third-order valence-electron chi connectivity index (χ3n) is 2.93. The van der Waals surface area contributed by atoms with Crippen molar-refractivity contribution in [1.29, 1.82) is 0 Å². The number of nitrogens with one attached hydrogen (secondary N) is 4. The standard InChI is InChI=1S/2C5H5N5.2C2H2O4.Cu.H2O/c2*6-4-3-5(9-1-7-3)10-2-8-4;2*3-1(4)2(5)6;;/h2*1-2H,(H3,6,7,8,9,10);2*(H,3,4)(H,5,6);;1H2/q;;;;+2;/p-2. The van der Waals surface area contributed by atoms with Crippen molar-refractivity contribution in [3.63, 3.8) is 0 Å². The van der Waals surface area contributed by atoms with Gasteiger partial charge in [0.1, 0.15) is 0 Å². The molecule has 0 aliphatic carbocycles. The van der Waals surface area contributed by atoms with Gasteiger partial charge in [0.25, 0.3) is 11.3 Å². The molecule has 19 nitrogen and oxygen atoms in total. The number of fused-ring (bicyclic) bond motifs is 2. The zero-order valence-corrected chi connectivity index (χ0v) is 17.3. The summed E-state index contributed by atoms with van der Waals surface area (Å²) < 4.78 is 0. The summed E-state index contributed by atoms with van der Waals surface area (Å²) in [7, 11) is 0. The molecule has 0 aliphatic heterocycles. The van der Waals surface area contributed by atoms with Crippen LogP contribution >= 0.6 is 0 Å². The first-order chi connectivity index (χ1) is 15.0. The van der Waals surface area contributed by atoms with E-state index in [9.17, 15) is 0 Å². The summed E-state index contributed by atoms with van der Waals surface area (Å²) >= 11 is 0. The van der Waals surface area contributed by atoms with Crippen LogP contribution in [0.1, 0.15) is 0 Å². The van der Waals surface area contributed by atoms with Gasteiger partial charge in [-0.1, -0.05) is 19.9 Å². The summed E-state index contributed by atoms with van der Waals surface area (Å²) in [5.41, 5.74) is 14.0. The molecule has 0 amide bonds. The number of anilines is 2. The second kappa shape index (κ2) is 15.0. The number of aromatic amines is 4. The largest absolute Gasteiger partial charge is 2.00 e. The van der Waals surface area contributed by atoms with Gasteiger partial charge in [-0.05, 0) is 0 Å². The molecule has 0 unspecified atom stereocenters. The fourth-order valence-corrected chi connectivity index (χ4v) is 1.65. The molecule has 0 aromatic carbocycles. The van der Waals surface area contributed by atoms with Crippen molar-refractivity contribution < 1.29 is 72.1 Å². The number of aliphatic carboxylic acids is 4. The molecule has 4 aromatic heterocycles. The van der Waals surface area contributed by atoms with Crippen LogP contribution in [0.3, 0.4) is 0 Å².